The first-order valence-corrected chi connectivity index (χ1v) is 2.59. The molecule has 42 valence electrons. The zero-order valence-electron chi connectivity index (χ0n) is 4.31. The number of rotatable bonds is 4. The normalized spacial score (nSPS) is 8.14. The van der Waals surface area contributed by atoms with E-state index in [0.717, 1.165) is 6.54 Å². The van der Waals surface area contributed by atoms with Crippen LogP contribution in [0.3, 0.4) is 0 Å². The first-order valence-electron chi connectivity index (χ1n) is 2.11. The SMILES string of the molecule is CNCCOC=S. The van der Waals surface area contributed by atoms with Gasteiger partial charge in [-0.2, -0.15) is 0 Å². The molecule has 0 unspecified atom stereocenters. The number of hydrogen-bond donors (Lipinski definition) is 1. The summed E-state index contributed by atoms with van der Waals surface area (Å²) in [6.07, 6.45) is 0. The van der Waals surface area contributed by atoms with Crippen LogP contribution in [0.15, 0.2) is 0 Å². The molecule has 0 aliphatic rings. The Bertz CT molecular complexity index is 49.0. The molecule has 0 saturated heterocycles. The number of hydrogen-bond acceptors (Lipinski definition) is 3. The number of nitrogens with one attached hydrogen (secondary N) is 1. The van der Waals surface area contributed by atoms with Crippen LogP contribution in [0.5, 0.6) is 0 Å². The molecule has 0 aliphatic heterocycles. The molecule has 0 aromatic heterocycles. The Morgan fingerprint density at radius 2 is 2.57 bits per heavy atom. The van der Waals surface area contributed by atoms with Gasteiger partial charge >= 0.3 is 0 Å². The maximum absolute atomic E-state index is 4.70. The summed E-state index contributed by atoms with van der Waals surface area (Å²) >= 11 is 4.39. The summed E-state index contributed by atoms with van der Waals surface area (Å²) in [6, 6.07) is 0. The zero-order chi connectivity index (χ0) is 5.54. The Balaban J connectivity index is 2.56. The lowest BCUT2D eigenvalue weighted by atomic mass is 10.7. The lowest BCUT2D eigenvalue weighted by molar-refractivity contribution is 0.327. The topological polar surface area (TPSA) is 21.3 Å². The van der Waals surface area contributed by atoms with Gasteiger partial charge in [0.15, 0.2) is 0 Å². The van der Waals surface area contributed by atoms with Crippen LogP contribution in [-0.2, 0) is 4.74 Å². The Morgan fingerprint density at radius 3 is 3.00 bits per heavy atom. The van der Waals surface area contributed by atoms with Crippen molar-refractivity contribution >= 4 is 17.8 Å². The van der Waals surface area contributed by atoms with E-state index in [9.17, 15) is 0 Å². The molecule has 0 atom stereocenters. The van der Waals surface area contributed by atoms with Crippen molar-refractivity contribution in [3.8, 4) is 0 Å². The molecule has 7 heavy (non-hydrogen) atoms. The summed E-state index contributed by atoms with van der Waals surface area (Å²) in [4.78, 5) is 0. The second-order valence-electron chi connectivity index (χ2n) is 1.07. The van der Waals surface area contributed by atoms with Crippen LogP contribution in [0.25, 0.3) is 0 Å². The van der Waals surface area contributed by atoms with Crippen molar-refractivity contribution in [3.63, 3.8) is 0 Å². The quantitative estimate of drug-likeness (QED) is 0.421. The molecular formula is C4H9NOS. The van der Waals surface area contributed by atoms with Gasteiger partial charge in [-0.3, -0.25) is 0 Å². The van der Waals surface area contributed by atoms with Crippen LogP contribution in [0.2, 0.25) is 0 Å². The van der Waals surface area contributed by atoms with Gasteiger partial charge in [-0.05, 0) is 19.3 Å². The summed E-state index contributed by atoms with van der Waals surface area (Å²) in [7, 11) is 1.87. The predicted molar refractivity (Wildman–Crippen MR) is 33.5 cm³/mol. The van der Waals surface area contributed by atoms with Gasteiger partial charge in [0.1, 0.15) is 12.2 Å². The Labute approximate surface area is 48.9 Å². The minimum atomic E-state index is 0.667. The molecule has 0 heterocycles. The highest BCUT2D eigenvalue weighted by Crippen LogP contribution is 1.62. The fourth-order valence-corrected chi connectivity index (χ4v) is 0.305. The second kappa shape index (κ2) is 5.85. The van der Waals surface area contributed by atoms with Gasteiger partial charge in [0.2, 0.25) is 0 Å². The van der Waals surface area contributed by atoms with Crippen molar-refractivity contribution in [2.75, 3.05) is 20.2 Å². The Kier molecular flexibility index (Phi) is 5.72. The molecule has 0 spiro atoms. The highest BCUT2D eigenvalue weighted by atomic mass is 32.1. The van der Waals surface area contributed by atoms with Gasteiger partial charge in [-0.15, -0.1) is 0 Å². The number of thiocarbonyl (C=S) groups is 1. The third-order valence-corrected chi connectivity index (χ3v) is 0.674. The molecule has 1 N–H and O–H groups in total. The maximum Gasteiger partial charge on any atom is 0.146 e. The van der Waals surface area contributed by atoms with E-state index in [1.165, 1.54) is 5.55 Å². The summed E-state index contributed by atoms with van der Waals surface area (Å²) in [6.45, 7) is 1.52. The van der Waals surface area contributed by atoms with E-state index < -0.39 is 0 Å². The lowest BCUT2D eigenvalue weighted by Crippen LogP contribution is -2.13. The molecule has 0 aromatic rings. The van der Waals surface area contributed by atoms with Crippen molar-refractivity contribution < 1.29 is 4.74 Å². The predicted octanol–water partition coefficient (Wildman–Crippen LogP) is 0.180. The van der Waals surface area contributed by atoms with Crippen molar-refractivity contribution in [2.45, 2.75) is 0 Å². The molecular weight excluding hydrogens is 110 g/mol. The van der Waals surface area contributed by atoms with Gasteiger partial charge in [0.25, 0.3) is 0 Å². The van der Waals surface area contributed by atoms with Crippen LogP contribution in [-0.4, -0.2) is 25.8 Å². The highest BCUT2D eigenvalue weighted by Gasteiger charge is 1.74. The minimum absolute atomic E-state index is 0.667. The molecule has 0 bridgehead atoms. The molecule has 0 saturated carbocycles. The molecule has 0 rings (SSSR count). The first-order chi connectivity index (χ1) is 3.41. The number of ether oxygens (including phenoxy) is 1. The van der Waals surface area contributed by atoms with Gasteiger partial charge in [-0.1, -0.05) is 0 Å². The van der Waals surface area contributed by atoms with Gasteiger partial charge in [-0.25, -0.2) is 0 Å². The summed E-state index contributed by atoms with van der Waals surface area (Å²) < 4.78 is 4.70. The van der Waals surface area contributed by atoms with Crippen LogP contribution in [0.1, 0.15) is 0 Å². The lowest BCUT2D eigenvalue weighted by Gasteiger charge is -1.94. The monoisotopic (exact) mass is 119 g/mol. The van der Waals surface area contributed by atoms with Crippen molar-refractivity contribution in [3.05, 3.63) is 0 Å². The first kappa shape index (κ1) is 6.85. The van der Waals surface area contributed by atoms with E-state index >= 15 is 0 Å². The van der Waals surface area contributed by atoms with E-state index in [0.29, 0.717) is 6.61 Å². The molecule has 0 amide bonds. The Morgan fingerprint density at radius 1 is 1.86 bits per heavy atom. The second-order valence-corrected chi connectivity index (χ2v) is 1.26. The van der Waals surface area contributed by atoms with E-state index in [-0.39, 0.29) is 0 Å². The molecule has 2 nitrogen and oxygen atoms in total. The van der Waals surface area contributed by atoms with Gasteiger partial charge < -0.3 is 10.1 Å². The minimum Gasteiger partial charge on any atom is -0.489 e. The van der Waals surface area contributed by atoms with Crippen molar-refractivity contribution in [1.29, 1.82) is 0 Å². The summed E-state index contributed by atoms with van der Waals surface area (Å²) in [5.74, 6) is 0. The highest BCUT2D eigenvalue weighted by molar-refractivity contribution is 7.78. The van der Waals surface area contributed by atoms with E-state index in [1.54, 1.807) is 0 Å². The van der Waals surface area contributed by atoms with E-state index in [2.05, 4.69) is 17.5 Å². The zero-order valence-corrected chi connectivity index (χ0v) is 5.12. The molecule has 0 fully saturated rings. The van der Waals surface area contributed by atoms with Crippen molar-refractivity contribution in [2.24, 2.45) is 0 Å². The third-order valence-electron chi connectivity index (χ3n) is 0.538. The molecule has 3 heteroatoms. The smallest absolute Gasteiger partial charge is 0.146 e. The Hall–Kier alpha value is -0.150. The summed E-state index contributed by atoms with van der Waals surface area (Å²) in [5, 5.41) is 2.91. The largest absolute Gasteiger partial charge is 0.489 e. The van der Waals surface area contributed by atoms with Gasteiger partial charge in [0, 0.05) is 6.54 Å². The molecule has 0 aromatic carbocycles. The van der Waals surface area contributed by atoms with E-state index in [4.69, 9.17) is 4.74 Å². The fraction of sp³-hybridized carbons (Fsp3) is 0.750. The third kappa shape index (κ3) is 5.85. The van der Waals surface area contributed by atoms with Crippen LogP contribution in [0.4, 0.5) is 0 Å². The molecule has 0 radical (unpaired) electrons. The van der Waals surface area contributed by atoms with Crippen molar-refractivity contribution in [1.82, 2.24) is 5.32 Å². The van der Waals surface area contributed by atoms with Crippen LogP contribution in [0, 0.1) is 0 Å². The fourth-order valence-electron chi connectivity index (χ4n) is 0.209. The van der Waals surface area contributed by atoms with Gasteiger partial charge in [0.05, 0.1) is 0 Å². The average Bonchev–Trinajstić information content (AvgIpc) is 1.69. The van der Waals surface area contributed by atoms with E-state index in [1.807, 2.05) is 7.05 Å². The molecule has 0 aliphatic carbocycles. The van der Waals surface area contributed by atoms with Crippen LogP contribution < -0.4 is 5.32 Å². The number of likely N-dealkylation sites (N-methyl/N-ethyl adjacent to an activating group) is 1. The average molecular weight is 119 g/mol. The summed E-state index contributed by atoms with van der Waals surface area (Å²) in [5.41, 5.74) is 1.28. The standard InChI is InChI=1S/C4H9NOS/c1-5-2-3-6-4-7/h4-5H,2-3H2,1H3. The van der Waals surface area contributed by atoms with Crippen LogP contribution >= 0.6 is 12.2 Å². The maximum atomic E-state index is 4.70.